The molecule has 38 heavy (non-hydrogen) atoms. The average molecular weight is 655 g/mol. The van der Waals surface area contributed by atoms with Gasteiger partial charge in [-0.2, -0.15) is 0 Å². The van der Waals surface area contributed by atoms with Crippen LogP contribution in [0.5, 0.6) is 0 Å². The summed E-state index contributed by atoms with van der Waals surface area (Å²) in [6.45, 7) is 0. The fourth-order valence-corrected chi connectivity index (χ4v) is 8.78. The summed E-state index contributed by atoms with van der Waals surface area (Å²) in [7, 11) is 0. The molecule has 0 amide bonds. The van der Waals surface area contributed by atoms with Crippen molar-refractivity contribution >= 4 is 53.0 Å². The van der Waals surface area contributed by atoms with Crippen molar-refractivity contribution < 1.29 is 58.4 Å². The van der Waals surface area contributed by atoms with E-state index in [0.717, 1.165) is 26.6 Å². The van der Waals surface area contributed by atoms with Gasteiger partial charge in [-0.15, -0.1) is 0 Å². The topological polar surface area (TPSA) is 37.3 Å². The quantitative estimate of drug-likeness (QED) is 0.224. The molecule has 2 aliphatic rings. The van der Waals surface area contributed by atoms with Crippen LogP contribution < -0.4 is 38.5 Å². The van der Waals surface area contributed by atoms with Crippen LogP contribution in [-0.4, -0.2) is 49.2 Å². The van der Waals surface area contributed by atoms with Crippen molar-refractivity contribution in [2.24, 2.45) is 0 Å². The average Bonchev–Trinajstić information content (AvgIpc) is 3.13. The van der Waals surface area contributed by atoms with E-state index in [1.165, 1.54) is 12.1 Å². The standard InChI is InChI=1S/C14H10F2OSe.C14H8F2OSe.B.Na.H/c2*15-11-6-5-8-10(13(11)16)7-18-12-4-2-1-3-9(12)14(8)17;;;/h1-6,14,17H,7H2;1-6H,7H2;;;/q;;;+1;-1. The zero-order chi connectivity index (χ0) is 25.4. The number of ketones is 1. The number of halogens is 4. The molecule has 0 spiro atoms. The second kappa shape index (κ2) is 13.1. The fraction of sp³-hybridized carbons (Fsp3) is 0.107. The summed E-state index contributed by atoms with van der Waals surface area (Å²) in [5.74, 6) is -3.64. The van der Waals surface area contributed by atoms with E-state index >= 15 is 0 Å². The van der Waals surface area contributed by atoms with Gasteiger partial charge in [0.15, 0.2) is 0 Å². The van der Waals surface area contributed by atoms with Crippen LogP contribution in [0.1, 0.15) is 45.7 Å². The largest absolute Gasteiger partial charge is 1.00 e. The van der Waals surface area contributed by atoms with Gasteiger partial charge in [-0.05, 0) is 0 Å². The monoisotopic (exact) mass is 657 g/mol. The summed E-state index contributed by atoms with van der Waals surface area (Å²) >= 11 is -0.0381. The number of fused-ring (bicyclic) bond motifs is 4. The van der Waals surface area contributed by atoms with Gasteiger partial charge < -0.3 is 1.43 Å². The van der Waals surface area contributed by atoms with E-state index < -0.39 is 29.4 Å². The van der Waals surface area contributed by atoms with Crippen molar-refractivity contribution in [1.82, 2.24) is 0 Å². The summed E-state index contributed by atoms with van der Waals surface area (Å²) in [4.78, 5) is 12.3. The minimum absolute atomic E-state index is 0. The molecule has 0 saturated heterocycles. The summed E-state index contributed by atoms with van der Waals surface area (Å²) in [5.41, 5.74) is 2.74. The minimum atomic E-state index is -0.886. The third-order valence-corrected chi connectivity index (χ3v) is 10.7. The third-order valence-electron chi connectivity index (χ3n) is 6.06. The molecular weight excluding hydrogens is 636 g/mol. The molecule has 0 aliphatic carbocycles. The number of carbonyl (C=O) groups is 1. The van der Waals surface area contributed by atoms with Crippen molar-refractivity contribution in [1.29, 1.82) is 0 Å². The van der Waals surface area contributed by atoms with Crippen molar-refractivity contribution in [3.8, 4) is 0 Å². The number of hydrogen-bond donors (Lipinski definition) is 1. The van der Waals surface area contributed by atoms with Gasteiger partial charge in [0.1, 0.15) is 0 Å². The molecule has 1 unspecified atom stereocenters. The Balaban J connectivity index is 0.000000254. The Morgan fingerprint density at radius 3 is 1.97 bits per heavy atom. The zero-order valence-electron chi connectivity index (χ0n) is 21.2. The summed E-state index contributed by atoms with van der Waals surface area (Å²) in [6, 6.07) is 19.8. The van der Waals surface area contributed by atoms with E-state index in [-0.39, 0.29) is 80.7 Å². The van der Waals surface area contributed by atoms with E-state index in [1.807, 2.05) is 36.4 Å². The smallest absolute Gasteiger partial charge is 1.00 e. The first-order valence-electron chi connectivity index (χ1n) is 11.0. The first-order chi connectivity index (χ1) is 17.4. The number of rotatable bonds is 0. The van der Waals surface area contributed by atoms with Crippen molar-refractivity contribution in [3.05, 3.63) is 129 Å². The molecule has 2 heterocycles. The van der Waals surface area contributed by atoms with Crippen LogP contribution in [0.25, 0.3) is 0 Å². The van der Waals surface area contributed by atoms with Gasteiger partial charge in [0.25, 0.3) is 0 Å². The number of hydrogen-bond acceptors (Lipinski definition) is 2. The van der Waals surface area contributed by atoms with Gasteiger partial charge in [-0.1, -0.05) is 0 Å². The van der Waals surface area contributed by atoms with Gasteiger partial charge in [-0.25, -0.2) is 0 Å². The Kier molecular flexibility index (Phi) is 10.7. The molecule has 0 bridgehead atoms. The van der Waals surface area contributed by atoms with Crippen molar-refractivity contribution in [3.63, 3.8) is 0 Å². The Hall–Kier alpha value is -1.67. The second-order valence-electron chi connectivity index (χ2n) is 8.16. The van der Waals surface area contributed by atoms with Crippen LogP contribution in [0.15, 0.2) is 72.8 Å². The summed E-state index contributed by atoms with van der Waals surface area (Å²) in [6.07, 6.45) is -0.865. The Morgan fingerprint density at radius 1 is 0.684 bits per heavy atom. The molecule has 0 aromatic heterocycles. The van der Waals surface area contributed by atoms with Crippen LogP contribution in [-0.2, 0) is 10.6 Å². The molecule has 4 aromatic carbocycles. The SMILES string of the molecule is O=C1c2ccccc2[Se]Cc2c1ccc(F)c2F.OC1c2ccccc2[Se]Cc2c1ccc(F)c2F.[B].[H-].[Na+]. The molecule has 10 heteroatoms. The first kappa shape index (κ1) is 30.9. The number of aliphatic hydroxyl groups excluding tert-OH is 1. The molecule has 4 aromatic rings. The van der Waals surface area contributed by atoms with E-state index in [0.29, 0.717) is 32.9 Å². The Labute approximate surface area is 255 Å². The van der Waals surface area contributed by atoms with Crippen LogP contribution in [0.2, 0.25) is 0 Å². The maximum atomic E-state index is 13.8. The number of carbonyl (C=O) groups excluding carboxylic acids is 1. The molecule has 0 saturated carbocycles. The minimum Gasteiger partial charge on any atom is -1.00 e. The number of benzene rings is 4. The van der Waals surface area contributed by atoms with E-state index in [1.54, 1.807) is 12.1 Å². The maximum absolute atomic E-state index is 13.8. The normalized spacial score (nSPS) is 15.0. The maximum Gasteiger partial charge on any atom is 1.00 e. The molecule has 2 nitrogen and oxygen atoms in total. The number of aliphatic hydroxyl groups is 1. The first-order valence-corrected chi connectivity index (χ1v) is 15.1. The van der Waals surface area contributed by atoms with E-state index in [9.17, 15) is 27.5 Å². The fourth-order valence-electron chi connectivity index (χ4n) is 4.19. The molecule has 1 atom stereocenters. The Bertz CT molecular complexity index is 1510. The summed E-state index contributed by atoms with van der Waals surface area (Å²) < 4.78 is 56.0. The van der Waals surface area contributed by atoms with Crippen LogP contribution in [0.3, 0.4) is 0 Å². The molecule has 3 radical (unpaired) electrons. The molecule has 1 N–H and O–H groups in total. The molecular formula is C28H19BF4NaO2Se2. The van der Waals surface area contributed by atoms with Gasteiger partial charge in [0, 0.05) is 8.41 Å². The third kappa shape index (κ3) is 5.91. The van der Waals surface area contributed by atoms with Gasteiger partial charge in [0.05, 0.1) is 0 Å². The summed E-state index contributed by atoms with van der Waals surface area (Å²) in [5, 5.41) is 11.2. The van der Waals surface area contributed by atoms with Gasteiger partial charge >= 0.3 is 248 Å². The molecule has 6 rings (SSSR count). The van der Waals surface area contributed by atoms with Gasteiger partial charge in [-0.3, -0.25) is 0 Å². The molecule has 187 valence electrons. The van der Waals surface area contributed by atoms with E-state index in [4.69, 9.17) is 0 Å². The van der Waals surface area contributed by atoms with Crippen molar-refractivity contribution in [2.45, 2.75) is 16.7 Å². The van der Waals surface area contributed by atoms with E-state index in [2.05, 4.69) is 0 Å². The van der Waals surface area contributed by atoms with Crippen LogP contribution in [0.4, 0.5) is 17.6 Å². The Morgan fingerprint density at radius 2 is 1.24 bits per heavy atom. The molecule has 2 aliphatic heterocycles. The molecule has 0 fully saturated rings. The predicted molar refractivity (Wildman–Crippen MR) is 138 cm³/mol. The van der Waals surface area contributed by atoms with Crippen LogP contribution >= 0.6 is 0 Å². The zero-order valence-corrected chi connectivity index (χ0v) is 25.6. The van der Waals surface area contributed by atoms with Gasteiger partial charge in [0.2, 0.25) is 0 Å². The van der Waals surface area contributed by atoms with Crippen molar-refractivity contribution in [2.75, 3.05) is 0 Å². The predicted octanol–water partition coefficient (Wildman–Crippen LogP) is 0.664. The van der Waals surface area contributed by atoms with Crippen LogP contribution in [0, 0.1) is 23.3 Å². The second-order valence-corrected chi connectivity index (χ2v) is 12.4.